The van der Waals surface area contributed by atoms with Crippen LogP contribution >= 0.6 is 0 Å². The van der Waals surface area contributed by atoms with Crippen molar-refractivity contribution in [1.82, 2.24) is 14.8 Å². The Morgan fingerprint density at radius 1 is 1.22 bits per heavy atom. The maximum atomic E-state index is 11.3. The van der Waals surface area contributed by atoms with E-state index in [1.165, 1.54) is 4.57 Å². The third kappa shape index (κ3) is 4.03. The minimum Gasteiger partial charge on any atom is -0.300 e. The molecule has 0 aliphatic heterocycles. The lowest BCUT2D eigenvalue weighted by Crippen LogP contribution is -2.21. The average Bonchev–Trinajstić information content (AvgIpc) is 2.43. The third-order valence-electron chi connectivity index (χ3n) is 1.99. The number of hydrogen-bond acceptors (Lipinski definition) is 6. The lowest BCUT2D eigenvalue weighted by Gasteiger charge is -2.11. The minimum absolute atomic E-state index is 0.0789. The summed E-state index contributed by atoms with van der Waals surface area (Å²) >= 11 is 0. The molecule has 0 spiro atoms. The van der Waals surface area contributed by atoms with Gasteiger partial charge in [-0.25, -0.2) is 22.0 Å². The lowest BCUT2D eigenvalue weighted by molar-refractivity contribution is 0.473. The monoisotopic (exact) mass is 296 g/mol. The third-order valence-corrected chi connectivity index (χ3v) is 3.58. The summed E-state index contributed by atoms with van der Waals surface area (Å²) in [6, 6.07) is 0. The Hall–Kier alpha value is -1.00. The van der Waals surface area contributed by atoms with E-state index in [1.54, 1.807) is 0 Å². The molecule has 104 valence electrons. The summed E-state index contributed by atoms with van der Waals surface area (Å²) in [4.78, 5) is 0. The molecular formula is C8H16N4O4S2. The second-order valence-electron chi connectivity index (χ2n) is 4.52. The molecule has 0 saturated carbocycles. The molecule has 8 nitrogen and oxygen atoms in total. The van der Waals surface area contributed by atoms with E-state index in [1.807, 2.05) is 13.8 Å². The topological polar surface area (TPSA) is 125 Å². The highest BCUT2D eigenvalue weighted by Crippen LogP contribution is 2.12. The summed E-state index contributed by atoms with van der Waals surface area (Å²) in [6.45, 7) is 4.00. The highest BCUT2D eigenvalue weighted by Gasteiger charge is 2.23. The van der Waals surface area contributed by atoms with Crippen LogP contribution in [-0.2, 0) is 32.2 Å². The van der Waals surface area contributed by atoms with Crippen molar-refractivity contribution in [3.05, 3.63) is 5.82 Å². The zero-order chi connectivity index (χ0) is 14.1. The second kappa shape index (κ2) is 4.94. The fourth-order valence-corrected chi connectivity index (χ4v) is 2.74. The van der Waals surface area contributed by atoms with E-state index in [-0.39, 0.29) is 24.0 Å². The van der Waals surface area contributed by atoms with E-state index in [4.69, 9.17) is 5.14 Å². The molecular weight excluding hydrogens is 280 g/mol. The minimum atomic E-state index is -4.02. The molecule has 10 heteroatoms. The Morgan fingerprint density at radius 2 is 1.78 bits per heavy atom. The Kier molecular flexibility index (Phi) is 4.13. The van der Waals surface area contributed by atoms with Gasteiger partial charge in [0.1, 0.15) is 11.6 Å². The fourth-order valence-electron chi connectivity index (χ4n) is 1.42. The standard InChI is InChI=1S/C8H16N4O4S2/c1-6(2)4-12-7(5-17(3,13)14)10-11-8(12)18(9,15)16/h6H,4-5H2,1-3H3,(H2,9,15,16). The van der Waals surface area contributed by atoms with Crippen LogP contribution in [-0.4, -0.2) is 37.9 Å². The molecule has 1 aromatic rings. The molecule has 0 aliphatic rings. The SMILES string of the molecule is CC(C)Cn1c(CS(C)(=O)=O)nnc1S(N)(=O)=O. The Balaban J connectivity index is 3.33. The van der Waals surface area contributed by atoms with E-state index < -0.39 is 25.0 Å². The highest BCUT2D eigenvalue weighted by atomic mass is 32.2. The van der Waals surface area contributed by atoms with E-state index in [0.29, 0.717) is 0 Å². The van der Waals surface area contributed by atoms with E-state index in [2.05, 4.69) is 10.2 Å². The zero-order valence-corrected chi connectivity index (χ0v) is 12.0. The second-order valence-corrected chi connectivity index (χ2v) is 8.11. The van der Waals surface area contributed by atoms with Crippen LogP contribution in [0.2, 0.25) is 0 Å². The van der Waals surface area contributed by atoms with Crippen molar-refractivity contribution >= 4 is 19.9 Å². The quantitative estimate of drug-likeness (QED) is 0.752. The van der Waals surface area contributed by atoms with Gasteiger partial charge < -0.3 is 0 Å². The summed E-state index contributed by atoms with van der Waals surface area (Å²) in [6.07, 6.45) is 1.04. The largest absolute Gasteiger partial charge is 0.300 e. The number of sulfone groups is 1. The lowest BCUT2D eigenvalue weighted by atomic mass is 10.2. The Labute approximate surface area is 106 Å². The van der Waals surface area contributed by atoms with Crippen molar-refractivity contribution in [2.24, 2.45) is 11.1 Å². The predicted molar refractivity (Wildman–Crippen MR) is 64.8 cm³/mol. The van der Waals surface area contributed by atoms with Crippen LogP contribution in [0.25, 0.3) is 0 Å². The van der Waals surface area contributed by atoms with Crippen LogP contribution in [0.1, 0.15) is 19.7 Å². The molecule has 1 heterocycles. The number of aromatic nitrogens is 3. The number of nitrogens with two attached hydrogens (primary N) is 1. The van der Waals surface area contributed by atoms with Crippen LogP contribution in [0.15, 0.2) is 5.16 Å². The fraction of sp³-hybridized carbons (Fsp3) is 0.750. The summed E-state index contributed by atoms with van der Waals surface area (Å²) in [5, 5.41) is 11.7. The summed E-state index contributed by atoms with van der Waals surface area (Å²) in [7, 11) is -7.35. The van der Waals surface area contributed by atoms with Crippen molar-refractivity contribution in [2.45, 2.75) is 31.3 Å². The molecule has 0 amide bonds. The maximum Gasteiger partial charge on any atom is 0.273 e. The van der Waals surface area contributed by atoms with Gasteiger partial charge in [-0.15, -0.1) is 10.2 Å². The van der Waals surface area contributed by atoms with Gasteiger partial charge in [0.15, 0.2) is 9.84 Å². The van der Waals surface area contributed by atoms with Gasteiger partial charge in [-0.2, -0.15) is 0 Å². The first-order chi connectivity index (χ1) is 8.00. The van der Waals surface area contributed by atoms with Gasteiger partial charge in [0, 0.05) is 12.8 Å². The van der Waals surface area contributed by atoms with Crippen LogP contribution in [0.3, 0.4) is 0 Å². The summed E-state index contributed by atoms with van der Waals surface area (Å²) in [5.41, 5.74) is 0. The molecule has 1 aromatic heterocycles. The molecule has 0 fully saturated rings. The van der Waals surface area contributed by atoms with Gasteiger partial charge >= 0.3 is 0 Å². The summed E-state index contributed by atoms with van der Waals surface area (Å²) < 4.78 is 46.3. The maximum absolute atomic E-state index is 11.3. The number of nitrogens with zero attached hydrogens (tertiary/aromatic N) is 3. The number of rotatable bonds is 5. The van der Waals surface area contributed by atoms with E-state index in [9.17, 15) is 16.8 Å². The van der Waals surface area contributed by atoms with Crippen molar-refractivity contribution in [1.29, 1.82) is 0 Å². The van der Waals surface area contributed by atoms with Gasteiger partial charge in [0.25, 0.3) is 15.2 Å². The predicted octanol–water partition coefficient (Wildman–Crippen LogP) is -0.874. The normalized spacial score (nSPS) is 13.2. The van der Waals surface area contributed by atoms with E-state index >= 15 is 0 Å². The first-order valence-corrected chi connectivity index (χ1v) is 8.74. The van der Waals surface area contributed by atoms with Crippen LogP contribution < -0.4 is 5.14 Å². The van der Waals surface area contributed by atoms with Crippen LogP contribution in [0.5, 0.6) is 0 Å². The molecule has 0 saturated heterocycles. The Morgan fingerprint density at radius 3 is 2.17 bits per heavy atom. The molecule has 0 radical (unpaired) electrons. The van der Waals surface area contributed by atoms with Crippen molar-refractivity contribution < 1.29 is 16.8 Å². The first kappa shape index (κ1) is 15.1. The van der Waals surface area contributed by atoms with Gasteiger partial charge in [-0.3, -0.25) is 4.57 Å². The van der Waals surface area contributed by atoms with Crippen molar-refractivity contribution in [3.8, 4) is 0 Å². The zero-order valence-electron chi connectivity index (χ0n) is 10.4. The van der Waals surface area contributed by atoms with Gasteiger partial charge in [-0.1, -0.05) is 13.8 Å². The smallest absolute Gasteiger partial charge is 0.273 e. The first-order valence-electron chi connectivity index (χ1n) is 5.13. The van der Waals surface area contributed by atoms with E-state index in [0.717, 1.165) is 6.26 Å². The highest BCUT2D eigenvalue weighted by molar-refractivity contribution is 7.90. The number of hydrogen-bond donors (Lipinski definition) is 1. The number of primary sulfonamides is 1. The number of sulfonamides is 1. The molecule has 0 aromatic carbocycles. The molecule has 0 aliphatic carbocycles. The van der Waals surface area contributed by atoms with Crippen molar-refractivity contribution in [2.75, 3.05) is 6.26 Å². The van der Waals surface area contributed by atoms with Crippen molar-refractivity contribution in [3.63, 3.8) is 0 Å². The van der Waals surface area contributed by atoms with Gasteiger partial charge in [0.2, 0.25) is 0 Å². The van der Waals surface area contributed by atoms with Gasteiger partial charge in [-0.05, 0) is 5.92 Å². The molecule has 0 bridgehead atoms. The molecule has 18 heavy (non-hydrogen) atoms. The molecule has 2 N–H and O–H groups in total. The molecule has 1 rings (SSSR count). The van der Waals surface area contributed by atoms with Crippen LogP contribution in [0.4, 0.5) is 0 Å². The Bertz CT molecular complexity index is 630. The average molecular weight is 296 g/mol. The summed E-state index contributed by atoms with van der Waals surface area (Å²) in [5.74, 6) is -0.197. The molecule has 0 atom stereocenters. The van der Waals surface area contributed by atoms with Gasteiger partial charge in [0.05, 0.1) is 0 Å². The molecule has 0 unspecified atom stereocenters. The van der Waals surface area contributed by atoms with Crippen LogP contribution in [0, 0.1) is 5.92 Å².